The molecule has 0 aliphatic carbocycles. The highest BCUT2D eigenvalue weighted by Gasteiger charge is 2.67. The van der Waals surface area contributed by atoms with Crippen LogP contribution in [-0.2, 0) is 20.9 Å². The van der Waals surface area contributed by atoms with Crippen LogP contribution in [0.25, 0.3) is 0 Å². The molecule has 3 aliphatic heterocycles. The van der Waals surface area contributed by atoms with Crippen molar-refractivity contribution >= 4 is 17.5 Å². The highest BCUT2D eigenvalue weighted by atomic mass is 16.5. The molecule has 7 heteroatoms. The number of carbonyl (C=O) groups is 2. The van der Waals surface area contributed by atoms with Crippen molar-refractivity contribution in [3.8, 4) is 0 Å². The number of ether oxygens (including phenoxy) is 1. The minimum absolute atomic E-state index is 0.0496. The highest BCUT2D eigenvalue weighted by molar-refractivity contribution is 6.03. The van der Waals surface area contributed by atoms with Crippen LogP contribution in [0.5, 0.6) is 0 Å². The molecule has 2 aromatic rings. The van der Waals surface area contributed by atoms with Crippen LogP contribution < -0.4 is 4.90 Å². The van der Waals surface area contributed by atoms with Gasteiger partial charge in [0.05, 0.1) is 36.7 Å². The predicted octanol–water partition coefficient (Wildman–Crippen LogP) is 3.05. The number of amides is 2. The van der Waals surface area contributed by atoms with Crippen molar-refractivity contribution in [2.45, 2.75) is 44.9 Å². The number of hydrogen-bond acceptors (Lipinski definition) is 5. The summed E-state index contributed by atoms with van der Waals surface area (Å²) < 4.78 is 11.5. The van der Waals surface area contributed by atoms with Crippen molar-refractivity contribution < 1.29 is 18.8 Å². The second kappa shape index (κ2) is 7.05. The van der Waals surface area contributed by atoms with Crippen LogP contribution in [0.15, 0.2) is 47.0 Å². The average molecular weight is 421 g/mol. The van der Waals surface area contributed by atoms with Gasteiger partial charge in [0.25, 0.3) is 0 Å². The number of anilines is 1. The highest BCUT2D eigenvalue weighted by Crippen LogP contribution is 2.53. The van der Waals surface area contributed by atoms with E-state index in [2.05, 4.69) is 31.1 Å². The summed E-state index contributed by atoms with van der Waals surface area (Å²) in [6, 6.07) is 9.89. The first-order valence-electron chi connectivity index (χ1n) is 10.7. The Labute approximate surface area is 181 Å². The summed E-state index contributed by atoms with van der Waals surface area (Å²) in [7, 11) is 1.73. The summed E-state index contributed by atoms with van der Waals surface area (Å²) >= 11 is 0. The van der Waals surface area contributed by atoms with Crippen LogP contribution in [0.2, 0.25) is 0 Å². The van der Waals surface area contributed by atoms with Gasteiger partial charge in [0.15, 0.2) is 5.76 Å². The Balaban J connectivity index is 1.39. The topological polar surface area (TPSA) is 75.9 Å². The Morgan fingerprint density at radius 2 is 2.06 bits per heavy atom. The Morgan fingerprint density at radius 3 is 2.71 bits per heavy atom. The summed E-state index contributed by atoms with van der Waals surface area (Å²) in [4.78, 5) is 30.2. The second-order valence-corrected chi connectivity index (χ2v) is 9.20. The van der Waals surface area contributed by atoms with Gasteiger partial charge < -0.3 is 19.1 Å². The van der Waals surface area contributed by atoms with Gasteiger partial charge in [-0.05, 0) is 30.5 Å². The third-order valence-corrected chi connectivity index (χ3v) is 6.70. The van der Waals surface area contributed by atoms with Crippen LogP contribution in [0.1, 0.15) is 36.8 Å². The van der Waals surface area contributed by atoms with Crippen molar-refractivity contribution in [1.29, 1.82) is 0 Å². The first kappa shape index (κ1) is 20.0. The van der Waals surface area contributed by atoms with E-state index in [0.717, 1.165) is 11.4 Å². The van der Waals surface area contributed by atoms with E-state index < -0.39 is 17.4 Å². The molecule has 1 aromatic heterocycles. The third kappa shape index (κ3) is 3.10. The van der Waals surface area contributed by atoms with Crippen LogP contribution in [0.3, 0.4) is 0 Å². The SMILES string of the molecule is Cc1cc(CN(C)C(=O)[C@H]2[C@@H]3C=C[C@@]4(CN(c5ccc(C(C)C)cc5)C(=O)[C@H]24)O3)on1. The Kier molecular flexibility index (Phi) is 4.55. The number of rotatable bonds is 5. The molecule has 162 valence electrons. The van der Waals surface area contributed by atoms with Gasteiger partial charge in [-0.15, -0.1) is 0 Å². The molecular formula is C24H27N3O4. The van der Waals surface area contributed by atoms with Gasteiger partial charge in [-0.3, -0.25) is 9.59 Å². The third-order valence-electron chi connectivity index (χ3n) is 6.70. The summed E-state index contributed by atoms with van der Waals surface area (Å²) in [5, 5.41) is 3.88. The lowest BCUT2D eigenvalue weighted by molar-refractivity contribution is -0.139. The van der Waals surface area contributed by atoms with E-state index in [-0.39, 0.29) is 17.9 Å². The predicted molar refractivity (Wildman–Crippen MR) is 114 cm³/mol. The van der Waals surface area contributed by atoms with Crippen LogP contribution in [0.4, 0.5) is 5.69 Å². The number of fused-ring (bicyclic) bond motifs is 1. The zero-order chi connectivity index (χ0) is 21.9. The fourth-order valence-electron chi connectivity index (χ4n) is 5.09. The first-order valence-corrected chi connectivity index (χ1v) is 10.7. The smallest absolute Gasteiger partial charge is 0.234 e. The molecule has 4 atom stereocenters. The average Bonchev–Trinajstić information content (AvgIpc) is 3.49. The largest absolute Gasteiger partial charge is 0.360 e. The normalized spacial score (nSPS) is 28.6. The van der Waals surface area contributed by atoms with E-state index in [0.29, 0.717) is 24.8 Å². The molecule has 2 saturated heterocycles. The maximum Gasteiger partial charge on any atom is 0.234 e. The molecule has 0 saturated carbocycles. The molecule has 2 amide bonds. The van der Waals surface area contributed by atoms with Gasteiger partial charge in [0.2, 0.25) is 11.8 Å². The first-order chi connectivity index (χ1) is 14.8. The molecule has 0 radical (unpaired) electrons. The van der Waals surface area contributed by atoms with Gasteiger partial charge in [-0.2, -0.15) is 0 Å². The zero-order valence-electron chi connectivity index (χ0n) is 18.2. The van der Waals surface area contributed by atoms with Crippen LogP contribution >= 0.6 is 0 Å². The molecule has 2 bridgehead atoms. The van der Waals surface area contributed by atoms with Crippen molar-refractivity contribution in [3.05, 3.63) is 59.5 Å². The monoisotopic (exact) mass is 421 g/mol. The molecule has 4 heterocycles. The fraction of sp³-hybridized carbons (Fsp3) is 0.458. The van der Waals surface area contributed by atoms with E-state index in [1.165, 1.54) is 5.56 Å². The van der Waals surface area contributed by atoms with E-state index in [1.54, 1.807) is 16.8 Å². The number of benzene rings is 1. The van der Waals surface area contributed by atoms with Gasteiger partial charge in [-0.25, -0.2) is 0 Å². The number of nitrogens with zero attached hydrogens (tertiary/aromatic N) is 3. The maximum atomic E-state index is 13.5. The van der Waals surface area contributed by atoms with E-state index >= 15 is 0 Å². The number of hydrogen-bond donors (Lipinski definition) is 0. The number of aromatic nitrogens is 1. The number of carbonyl (C=O) groups excluding carboxylic acids is 2. The lowest BCUT2D eigenvalue weighted by Crippen LogP contribution is -2.44. The quantitative estimate of drug-likeness (QED) is 0.694. The molecule has 31 heavy (non-hydrogen) atoms. The lowest BCUT2D eigenvalue weighted by atomic mass is 9.76. The Hall–Kier alpha value is -2.93. The van der Waals surface area contributed by atoms with Crippen LogP contribution in [-0.4, -0.2) is 47.2 Å². The lowest BCUT2D eigenvalue weighted by Gasteiger charge is -2.27. The summed E-state index contributed by atoms with van der Waals surface area (Å²) in [6.07, 6.45) is 3.54. The van der Waals surface area contributed by atoms with E-state index in [1.807, 2.05) is 37.3 Å². The van der Waals surface area contributed by atoms with Gasteiger partial charge >= 0.3 is 0 Å². The Morgan fingerprint density at radius 1 is 1.32 bits per heavy atom. The zero-order valence-corrected chi connectivity index (χ0v) is 18.2. The van der Waals surface area contributed by atoms with E-state index in [9.17, 15) is 9.59 Å². The molecule has 0 unspecified atom stereocenters. The minimum Gasteiger partial charge on any atom is -0.360 e. The Bertz CT molecular complexity index is 1060. The molecule has 1 spiro atoms. The van der Waals surface area contributed by atoms with E-state index in [4.69, 9.17) is 9.26 Å². The molecule has 5 rings (SSSR count). The summed E-state index contributed by atoms with van der Waals surface area (Å²) in [5.41, 5.74) is 2.10. The van der Waals surface area contributed by atoms with Gasteiger partial charge in [0.1, 0.15) is 5.60 Å². The number of aryl methyl sites for hydroxylation is 1. The fourth-order valence-corrected chi connectivity index (χ4v) is 5.09. The molecule has 0 N–H and O–H groups in total. The molecule has 3 aliphatic rings. The minimum atomic E-state index is -0.734. The van der Waals surface area contributed by atoms with Crippen molar-refractivity contribution in [2.75, 3.05) is 18.5 Å². The van der Waals surface area contributed by atoms with Crippen molar-refractivity contribution in [2.24, 2.45) is 11.8 Å². The van der Waals surface area contributed by atoms with Crippen LogP contribution in [0, 0.1) is 18.8 Å². The van der Waals surface area contributed by atoms with Gasteiger partial charge in [0, 0.05) is 18.8 Å². The van der Waals surface area contributed by atoms with Gasteiger partial charge in [-0.1, -0.05) is 43.3 Å². The summed E-state index contributed by atoms with van der Waals surface area (Å²) in [6.45, 7) is 6.86. The summed E-state index contributed by atoms with van der Waals surface area (Å²) in [5.74, 6) is -0.168. The molecule has 7 nitrogen and oxygen atoms in total. The van der Waals surface area contributed by atoms with Crippen molar-refractivity contribution in [1.82, 2.24) is 10.1 Å². The molecule has 1 aromatic carbocycles. The molecule has 2 fully saturated rings. The maximum absolute atomic E-state index is 13.5. The standard InChI is InChI=1S/C24H27N3O4/c1-14(2)16-5-7-17(8-6-16)27-13-24-10-9-19(30-24)20(21(24)23(27)29)22(28)26(4)12-18-11-15(3)25-31-18/h5-11,14,19-21H,12-13H2,1-4H3/t19-,20-,21-,24-/m0/s1. The second-order valence-electron chi connectivity index (χ2n) is 9.20. The van der Waals surface area contributed by atoms with Crippen molar-refractivity contribution in [3.63, 3.8) is 0 Å². The molecular weight excluding hydrogens is 394 g/mol.